The molecule has 1 atom stereocenters. The summed E-state index contributed by atoms with van der Waals surface area (Å²) in [4.78, 5) is 12.0. The highest BCUT2D eigenvalue weighted by atomic mass is 35.5. The van der Waals surface area contributed by atoms with Crippen molar-refractivity contribution in [2.45, 2.75) is 13.0 Å². The molecule has 0 bridgehead atoms. The predicted molar refractivity (Wildman–Crippen MR) is 72.2 cm³/mol. The standard InChI is InChI=1S/C15H11ClF2O2/c1-9(20-12-4-2-3-10(16)7-12)15(19)13-8-11(17)5-6-14(13)18/h2-9H,1H3. The largest absolute Gasteiger partial charge is 0.483 e. The average molecular weight is 297 g/mol. The van der Waals surface area contributed by atoms with Crippen molar-refractivity contribution >= 4 is 17.4 Å². The molecule has 5 heteroatoms. The first kappa shape index (κ1) is 14.5. The third-order valence-corrected chi connectivity index (χ3v) is 2.91. The van der Waals surface area contributed by atoms with Crippen LogP contribution in [0.4, 0.5) is 8.78 Å². The van der Waals surface area contributed by atoms with E-state index in [2.05, 4.69) is 0 Å². The summed E-state index contributed by atoms with van der Waals surface area (Å²) in [6.07, 6.45) is -0.954. The van der Waals surface area contributed by atoms with Crippen LogP contribution in [0.3, 0.4) is 0 Å². The van der Waals surface area contributed by atoms with Crippen LogP contribution in [0.25, 0.3) is 0 Å². The molecule has 20 heavy (non-hydrogen) atoms. The van der Waals surface area contributed by atoms with E-state index in [1.165, 1.54) is 13.0 Å². The van der Waals surface area contributed by atoms with Crippen LogP contribution < -0.4 is 4.74 Å². The Bertz CT molecular complexity index is 644. The van der Waals surface area contributed by atoms with Gasteiger partial charge >= 0.3 is 0 Å². The Balaban J connectivity index is 2.18. The highest BCUT2D eigenvalue weighted by Crippen LogP contribution is 2.20. The van der Waals surface area contributed by atoms with Crippen LogP contribution in [0.5, 0.6) is 5.75 Å². The predicted octanol–water partition coefficient (Wildman–Crippen LogP) is 4.27. The van der Waals surface area contributed by atoms with Gasteiger partial charge in [-0.3, -0.25) is 4.79 Å². The molecule has 0 saturated carbocycles. The molecule has 0 amide bonds. The van der Waals surface area contributed by atoms with Crippen LogP contribution in [-0.2, 0) is 0 Å². The summed E-state index contributed by atoms with van der Waals surface area (Å²) in [7, 11) is 0. The van der Waals surface area contributed by atoms with E-state index in [0.717, 1.165) is 18.2 Å². The van der Waals surface area contributed by atoms with Crippen LogP contribution in [0, 0.1) is 11.6 Å². The Kier molecular flexibility index (Phi) is 4.35. The van der Waals surface area contributed by atoms with Crippen molar-refractivity contribution in [3.63, 3.8) is 0 Å². The highest BCUT2D eigenvalue weighted by molar-refractivity contribution is 6.30. The first-order valence-electron chi connectivity index (χ1n) is 5.89. The van der Waals surface area contributed by atoms with E-state index in [4.69, 9.17) is 16.3 Å². The molecule has 0 aromatic heterocycles. The molecule has 2 aromatic carbocycles. The fourth-order valence-electron chi connectivity index (χ4n) is 1.70. The van der Waals surface area contributed by atoms with Gasteiger partial charge in [0.1, 0.15) is 17.4 Å². The summed E-state index contributed by atoms with van der Waals surface area (Å²) in [5.74, 6) is -1.71. The Morgan fingerprint density at radius 3 is 2.65 bits per heavy atom. The average Bonchev–Trinajstić information content (AvgIpc) is 2.40. The summed E-state index contributed by atoms with van der Waals surface area (Å²) < 4.78 is 32.0. The van der Waals surface area contributed by atoms with Gasteiger partial charge < -0.3 is 4.74 Å². The Morgan fingerprint density at radius 1 is 1.20 bits per heavy atom. The number of rotatable bonds is 4. The molecule has 2 nitrogen and oxygen atoms in total. The molecular formula is C15H11ClF2O2. The number of hydrogen-bond donors (Lipinski definition) is 0. The van der Waals surface area contributed by atoms with Crippen molar-refractivity contribution in [2.24, 2.45) is 0 Å². The van der Waals surface area contributed by atoms with Gasteiger partial charge in [-0.1, -0.05) is 17.7 Å². The zero-order chi connectivity index (χ0) is 14.7. The smallest absolute Gasteiger partial charge is 0.206 e. The van der Waals surface area contributed by atoms with Gasteiger partial charge in [0.2, 0.25) is 5.78 Å². The van der Waals surface area contributed by atoms with Crippen LogP contribution in [-0.4, -0.2) is 11.9 Å². The molecule has 0 aliphatic rings. The van der Waals surface area contributed by atoms with Gasteiger partial charge in [-0.2, -0.15) is 0 Å². The minimum Gasteiger partial charge on any atom is -0.483 e. The lowest BCUT2D eigenvalue weighted by Crippen LogP contribution is -2.25. The van der Waals surface area contributed by atoms with Gasteiger partial charge in [-0.25, -0.2) is 8.78 Å². The van der Waals surface area contributed by atoms with Crippen molar-refractivity contribution in [3.8, 4) is 5.75 Å². The second-order valence-electron chi connectivity index (χ2n) is 4.21. The first-order chi connectivity index (χ1) is 9.47. The number of hydrogen-bond acceptors (Lipinski definition) is 2. The summed E-state index contributed by atoms with van der Waals surface area (Å²) in [6, 6.07) is 9.20. The van der Waals surface area contributed by atoms with E-state index in [1.54, 1.807) is 18.2 Å². The second-order valence-corrected chi connectivity index (χ2v) is 4.64. The molecule has 0 N–H and O–H groups in total. The monoisotopic (exact) mass is 296 g/mol. The molecule has 0 saturated heterocycles. The molecule has 0 aliphatic carbocycles. The number of carbonyl (C=O) groups excluding carboxylic acids is 1. The lowest BCUT2D eigenvalue weighted by Gasteiger charge is -2.14. The molecule has 2 aromatic rings. The van der Waals surface area contributed by atoms with E-state index >= 15 is 0 Å². The highest BCUT2D eigenvalue weighted by Gasteiger charge is 2.21. The number of Topliss-reactive ketones (excluding diaryl/α,β-unsaturated/α-hetero) is 1. The van der Waals surface area contributed by atoms with Gasteiger partial charge in [-0.05, 0) is 43.3 Å². The minimum absolute atomic E-state index is 0.334. The molecule has 0 fully saturated rings. The number of benzene rings is 2. The number of halogens is 3. The Morgan fingerprint density at radius 2 is 1.95 bits per heavy atom. The maximum Gasteiger partial charge on any atom is 0.206 e. The Labute approximate surface area is 119 Å². The fourth-order valence-corrected chi connectivity index (χ4v) is 1.88. The summed E-state index contributed by atoms with van der Waals surface area (Å²) in [5, 5.41) is 0.457. The van der Waals surface area contributed by atoms with Crippen molar-refractivity contribution in [1.82, 2.24) is 0 Å². The number of carbonyl (C=O) groups is 1. The maximum absolute atomic E-state index is 13.5. The van der Waals surface area contributed by atoms with Gasteiger partial charge in [-0.15, -0.1) is 0 Å². The third-order valence-electron chi connectivity index (χ3n) is 2.67. The van der Waals surface area contributed by atoms with Crippen LogP contribution in [0.2, 0.25) is 5.02 Å². The number of ether oxygens (including phenoxy) is 1. The quantitative estimate of drug-likeness (QED) is 0.788. The van der Waals surface area contributed by atoms with E-state index in [0.29, 0.717) is 10.8 Å². The summed E-state index contributed by atoms with van der Waals surface area (Å²) >= 11 is 5.80. The minimum atomic E-state index is -0.954. The van der Waals surface area contributed by atoms with Gasteiger partial charge in [0.05, 0.1) is 5.56 Å². The molecule has 1 unspecified atom stereocenters. The fraction of sp³-hybridized carbons (Fsp3) is 0.133. The molecule has 2 rings (SSSR count). The zero-order valence-electron chi connectivity index (χ0n) is 10.6. The lowest BCUT2D eigenvalue weighted by molar-refractivity contribution is 0.0813. The molecule has 0 heterocycles. The van der Waals surface area contributed by atoms with Gasteiger partial charge in [0, 0.05) is 5.02 Å². The topological polar surface area (TPSA) is 26.3 Å². The number of ketones is 1. The molecular weight excluding hydrogens is 286 g/mol. The van der Waals surface area contributed by atoms with Crippen molar-refractivity contribution in [1.29, 1.82) is 0 Å². The SMILES string of the molecule is CC(Oc1cccc(Cl)c1)C(=O)c1cc(F)ccc1F. The third kappa shape index (κ3) is 3.33. The Hall–Kier alpha value is -1.94. The first-order valence-corrected chi connectivity index (χ1v) is 6.26. The van der Waals surface area contributed by atoms with Crippen LogP contribution in [0.15, 0.2) is 42.5 Å². The van der Waals surface area contributed by atoms with Crippen LogP contribution in [0.1, 0.15) is 17.3 Å². The lowest BCUT2D eigenvalue weighted by atomic mass is 10.1. The van der Waals surface area contributed by atoms with Crippen LogP contribution >= 0.6 is 11.6 Å². The van der Waals surface area contributed by atoms with E-state index in [1.807, 2.05) is 0 Å². The second kappa shape index (κ2) is 6.01. The van der Waals surface area contributed by atoms with Crippen molar-refractivity contribution in [2.75, 3.05) is 0 Å². The van der Waals surface area contributed by atoms with Crippen molar-refractivity contribution in [3.05, 3.63) is 64.7 Å². The molecule has 0 spiro atoms. The summed E-state index contributed by atoms with van der Waals surface area (Å²) in [6.45, 7) is 1.47. The normalized spacial score (nSPS) is 12.0. The molecule has 104 valence electrons. The van der Waals surface area contributed by atoms with Gasteiger partial charge in [0.15, 0.2) is 6.10 Å². The van der Waals surface area contributed by atoms with E-state index in [9.17, 15) is 13.6 Å². The van der Waals surface area contributed by atoms with E-state index < -0.39 is 23.5 Å². The molecule has 0 aliphatic heterocycles. The van der Waals surface area contributed by atoms with Crippen molar-refractivity contribution < 1.29 is 18.3 Å². The maximum atomic E-state index is 13.5. The zero-order valence-corrected chi connectivity index (χ0v) is 11.3. The molecule has 0 radical (unpaired) electrons. The van der Waals surface area contributed by atoms with E-state index in [-0.39, 0.29) is 5.56 Å². The summed E-state index contributed by atoms with van der Waals surface area (Å²) in [5.41, 5.74) is -0.334. The van der Waals surface area contributed by atoms with Gasteiger partial charge in [0.25, 0.3) is 0 Å².